The molecule has 1 amide bonds. The van der Waals surface area contributed by atoms with Gasteiger partial charge in [-0.15, -0.1) is 0 Å². The molecule has 38 heavy (non-hydrogen) atoms. The van der Waals surface area contributed by atoms with E-state index >= 15 is 0 Å². The third-order valence-corrected chi connectivity index (χ3v) is 7.61. The van der Waals surface area contributed by atoms with Gasteiger partial charge in [0.15, 0.2) is 11.5 Å². The maximum atomic E-state index is 13.2. The van der Waals surface area contributed by atoms with Crippen LogP contribution in [0.25, 0.3) is 22.9 Å². The van der Waals surface area contributed by atoms with Crippen LogP contribution in [0.4, 0.5) is 0 Å². The number of aliphatic hydroxyl groups is 1. The topological polar surface area (TPSA) is 108 Å². The summed E-state index contributed by atoms with van der Waals surface area (Å²) in [5.74, 6) is 0.814. The molecular weight excluding hydrogens is 484 g/mol. The number of hydrogen-bond donors (Lipinski definition) is 2. The molecule has 1 aliphatic carbocycles. The number of aliphatic hydroxyl groups excluding tert-OH is 1. The largest absolute Gasteiger partial charge is 0.507 e. The van der Waals surface area contributed by atoms with Crippen LogP contribution in [-0.4, -0.2) is 77.2 Å². The molecule has 1 aliphatic heterocycles. The van der Waals surface area contributed by atoms with Crippen LogP contribution >= 0.6 is 0 Å². The Morgan fingerprint density at radius 2 is 1.68 bits per heavy atom. The number of aromatic nitrogens is 2. The summed E-state index contributed by atoms with van der Waals surface area (Å²) in [5.41, 5.74) is 1.57. The Morgan fingerprint density at radius 3 is 2.39 bits per heavy atom. The molecular formula is C29H34N4O5. The van der Waals surface area contributed by atoms with E-state index in [9.17, 15) is 14.7 Å². The molecule has 9 nitrogen and oxygen atoms in total. The second kappa shape index (κ2) is 11.3. The number of H-pyrrole nitrogens is 1. The third kappa shape index (κ3) is 5.38. The molecule has 0 bridgehead atoms. The number of nitrogens with zero attached hydrogens (tertiary/aromatic N) is 3. The molecule has 5 rings (SSSR count). The minimum Gasteiger partial charge on any atom is -0.507 e. The number of benzene rings is 2. The maximum absolute atomic E-state index is 13.2. The van der Waals surface area contributed by atoms with Crippen LogP contribution in [0.5, 0.6) is 11.5 Å². The molecule has 9 heteroatoms. The molecule has 0 spiro atoms. The van der Waals surface area contributed by atoms with Gasteiger partial charge in [-0.2, -0.15) is 0 Å². The number of methoxy groups -OCH3 is 2. The first kappa shape index (κ1) is 25.8. The predicted molar refractivity (Wildman–Crippen MR) is 147 cm³/mol. The zero-order chi connectivity index (χ0) is 26.6. The lowest BCUT2D eigenvalue weighted by atomic mass is 9.94. The van der Waals surface area contributed by atoms with Gasteiger partial charge in [0.1, 0.15) is 11.5 Å². The molecule has 0 unspecified atom stereocenters. The standard InChI is InChI=1S/C29H34N4O5/c1-37-26-11-9-19(17-27(26)38-2)25(34)18-24-28(35)31-23-16-20(8-10-22(23)30-24)29(36)33-14-12-32(13-15-33)21-6-4-3-5-7-21/h8-11,16-18,21,34H,3-7,12-15H2,1-2H3,(H,31,35)/b25-18-. The Kier molecular flexibility index (Phi) is 7.64. The molecule has 1 saturated heterocycles. The van der Waals surface area contributed by atoms with E-state index in [1.54, 1.807) is 36.4 Å². The van der Waals surface area contributed by atoms with Gasteiger partial charge < -0.3 is 24.5 Å². The first-order valence-electron chi connectivity index (χ1n) is 13.2. The number of amides is 1. The Labute approximate surface area is 221 Å². The van der Waals surface area contributed by atoms with Crippen LogP contribution in [0.15, 0.2) is 41.2 Å². The number of ether oxygens (including phenoxy) is 2. The zero-order valence-electron chi connectivity index (χ0n) is 21.9. The second-order valence-corrected chi connectivity index (χ2v) is 9.90. The Bertz CT molecular complexity index is 1400. The summed E-state index contributed by atoms with van der Waals surface area (Å²) in [6, 6.07) is 10.8. The van der Waals surface area contributed by atoms with Gasteiger partial charge in [-0.1, -0.05) is 19.3 Å². The fourth-order valence-electron chi connectivity index (χ4n) is 5.46. The Balaban J connectivity index is 1.31. The smallest absolute Gasteiger partial charge is 0.274 e. The minimum atomic E-state index is -0.463. The number of aromatic amines is 1. The lowest BCUT2D eigenvalue weighted by molar-refractivity contribution is 0.0523. The number of rotatable bonds is 6. The van der Waals surface area contributed by atoms with Gasteiger partial charge in [-0.3, -0.25) is 14.5 Å². The van der Waals surface area contributed by atoms with Crippen molar-refractivity contribution in [2.75, 3.05) is 40.4 Å². The SMILES string of the molecule is COc1ccc(/C(O)=C/c2nc3ccc(C(=O)N4CCN(C5CCCCC5)CC4)cc3[nH]c2=O)cc1OC. The van der Waals surface area contributed by atoms with Crippen LogP contribution in [0, 0.1) is 0 Å². The van der Waals surface area contributed by atoms with Crippen molar-refractivity contribution in [2.24, 2.45) is 0 Å². The first-order chi connectivity index (χ1) is 18.5. The summed E-state index contributed by atoms with van der Waals surface area (Å²) < 4.78 is 10.5. The molecule has 2 N–H and O–H groups in total. The van der Waals surface area contributed by atoms with Crippen molar-refractivity contribution >= 4 is 28.8 Å². The van der Waals surface area contributed by atoms with Gasteiger partial charge in [0, 0.05) is 49.4 Å². The summed E-state index contributed by atoms with van der Waals surface area (Å²) in [7, 11) is 3.04. The van der Waals surface area contributed by atoms with Gasteiger partial charge in [-0.25, -0.2) is 4.98 Å². The average Bonchev–Trinajstić information content (AvgIpc) is 2.97. The third-order valence-electron chi connectivity index (χ3n) is 7.61. The zero-order valence-corrected chi connectivity index (χ0v) is 21.9. The van der Waals surface area contributed by atoms with E-state index in [1.165, 1.54) is 52.4 Å². The van der Waals surface area contributed by atoms with Gasteiger partial charge in [-0.05, 0) is 49.2 Å². The van der Waals surface area contributed by atoms with Crippen LogP contribution in [0.2, 0.25) is 0 Å². The van der Waals surface area contributed by atoms with Crippen molar-refractivity contribution in [2.45, 2.75) is 38.1 Å². The van der Waals surface area contributed by atoms with Crippen molar-refractivity contribution in [1.29, 1.82) is 0 Å². The minimum absolute atomic E-state index is 0.0360. The van der Waals surface area contributed by atoms with Crippen LogP contribution in [-0.2, 0) is 0 Å². The summed E-state index contributed by atoms with van der Waals surface area (Å²) in [4.78, 5) is 37.6. The van der Waals surface area contributed by atoms with E-state index in [4.69, 9.17) is 9.47 Å². The number of hydrogen-bond acceptors (Lipinski definition) is 7. The van der Waals surface area contributed by atoms with Crippen molar-refractivity contribution in [3.63, 3.8) is 0 Å². The van der Waals surface area contributed by atoms with E-state index < -0.39 is 5.56 Å². The summed E-state index contributed by atoms with van der Waals surface area (Å²) >= 11 is 0. The summed E-state index contributed by atoms with van der Waals surface area (Å²) in [6.45, 7) is 3.23. The highest BCUT2D eigenvalue weighted by atomic mass is 16.5. The molecule has 0 radical (unpaired) electrons. The van der Waals surface area contributed by atoms with E-state index in [2.05, 4.69) is 14.9 Å². The lowest BCUT2D eigenvalue weighted by Gasteiger charge is -2.40. The van der Waals surface area contributed by atoms with Crippen LogP contribution < -0.4 is 15.0 Å². The van der Waals surface area contributed by atoms with E-state index in [0.29, 0.717) is 52.8 Å². The Hall–Kier alpha value is -3.85. The van der Waals surface area contributed by atoms with Crippen molar-refractivity contribution in [1.82, 2.24) is 19.8 Å². The van der Waals surface area contributed by atoms with E-state index in [0.717, 1.165) is 13.1 Å². The number of fused-ring (bicyclic) bond motifs is 1. The maximum Gasteiger partial charge on any atom is 0.274 e. The number of piperazine rings is 1. The van der Waals surface area contributed by atoms with Crippen LogP contribution in [0.1, 0.15) is 53.7 Å². The lowest BCUT2D eigenvalue weighted by Crippen LogP contribution is -2.52. The molecule has 3 aromatic rings. The Morgan fingerprint density at radius 1 is 0.974 bits per heavy atom. The molecule has 2 fully saturated rings. The van der Waals surface area contributed by atoms with Crippen molar-refractivity contribution in [3.8, 4) is 11.5 Å². The second-order valence-electron chi connectivity index (χ2n) is 9.90. The van der Waals surface area contributed by atoms with Crippen molar-refractivity contribution < 1.29 is 19.4 Å². The summed E-state index contributed by atoms with van der Waals surface area (Å²) in [6.07, 6.45) is 7.79. The predicted octanol–water partition coefficient (Wildman–Crippen LogP) is 4.09. The quantitative estimate of drug-likeness (QED) is 0.473. The molecule has 2 aliphatic rings. The molecule has 200 valence electrons. The van der Waals surface area contributed by atoms with Crippen LogP contribution in [0.3, 0.4) is 0 Å². The summed E-state index contributed by atoms with van der Waals surface area (Å²) in [5, 5.41) is 10.6. The van der Waals surface area contributed by atoms with E-state index in [-0.39, 0.29) is 17.4 Å². The highest BCUT2D eigenvalue weighted by molar-refractivity contribution is 5.97. The van der Waals surface area contributed by atoms with Gasteiger partial charge in [0.05, 0.1) is 25.3 Å². The van der Waals surface area contributed by atoms with Crippen molar-refractivity contribution in [3.05, 3.63) is 63.6 Å². The monoisotopic (exact) mass is 518 g/mol. The molecule has 1 saturated carbocycles. The van der Waals surface area contributed by atoms with Gasteiger partial charge in [0.25, 0.3) is 11.5 Å². The normalized spacial score (nSPS) is 17.5. The van der Waals surface area contributed by atoms with E-state index in [1.807, 2.05) is 4.90 Å². The average molecular weight is 519 g/mol. The number of nitrogens with one attached hydrogen (secondary N) is 1. The highest BCUT2D eigenvalue weighted by Gasteiger charge is 2.27. The molecule has 2 heterocycles. The molecule has 0 atom stereocenters. The highest BCUT2D eigenvalue weighted by Crippen LogP contribution is 2.30. The fourth-order valence-corrected chi connectivity index (χ4v) is 5.46. The van der Waals surface area contributed by atoms with Gasteiger partial charge in [0.2, 0.25) is 0 Å². The number of carbonyl (C=O) groups is 1. The fraction of sp³-hybridized carbons (Fsp3) is 0.414. The number of carbonyl (C=O) groups excluding carboxylic acids is 1. The molecule has 2 aromatic carbocycles. The van der Waals surface area contributed by atoms with Gasteiger partial charge >= 0.3 is 0 Å². The first-order valence-corrected chi connectivity index (χ1v) is 13.2. The molecule has 1 aromatic heterocycles.